The summed E-state index contributed by atoms with van der Waals surface area (Å²) in [6.07, 6.45) is 5.60. The van der Waals surface area contributed by atoms with E-state index >= 15 is 0 Å². The fraction of sp³-hybridized carbons (Fsp3) is 0.222. The van der Waals surface area contributed by atoms with Gasteiger partial charge >= 0.3 is 0 Å². The Hall–Kier alpha value is -2.02. The zero-order chi connectivity index (χ0) is 13.3. The average Bonchev–Trinajstić information content (AvgIpc) is 2.47. The van der Waals surface area contributed by atoms with Crippen molar-refractivity contribution in [3.05, 3.63) is 71.3 Å². The molecular formula is C18H18O. The highest BCUT2D eigenvalue weighted by molar-refractivity contribution is 5.60. The van der Waals surface area contributed by atoms with Gasteiger partial charge in [-0.15, -0.1) is 0 Å². The maximum absolute atomic E-state index is 5.23. The Labute approximate surface area is 114 Å². The molecule has 0 fully saturated rings. The van der Waals surface area contributed by atoms with E-state index in [1.807, 2.05) is 12.1 Å². The minimum absolute atomic E-state index is 0.0701. The molecular weight excluding hydrogens is 232 g/mol. The standard InChI is InChI=1S/C18H18O/c1-18(16-7-9-17(19-2)10-8-16)12-11-14-5-3-4-6-15(14)13-18/h3-12H,13H2,1-2H3. The summed E-state index contributed by atoms with van der Waals surface area (Å²) in [6.45, 7) is 2.29. The van der Waals surface area contributed by atoms with Crippen LogP contribution in [-0.4, -0.2) is 7.11 Å². The Bertz CT molecular complexity index is 610. The van der Waals surface area contributed by atoms with Crippen LogP contribution in [0.15, 0.2) is 54.6 Å². The van der Waals surface area contributed by atoms with Crippen LogP contribution in [0.1, 0.15) is 23.6 Å². The van der Waals surface area contributed by atoms with Crippen molar-refractivity contribution >= 4 is 6.08 Å². The Morgan fingerprint density at radius 1 is 1.00 bits per heavy atom. The van der Waals surface area contributed by atoms with Gasteiger partial charge in [0.2, 0.25) is 0 Å². The third-order valence-electron chi connectivity index (χ3n) is 3.99. The lowest BCUT2D eigenvalue weighted by atomic mass is 9.73. The fourth-order valence-corrected chi connectivity index (χ4v) is 2.76. The lowest BCUT2D eigenvalue weighted by molar-refractivity contribution is 0.414. The van der Waals surface area contributed by atoms with Crippen molar-refractivity contribution in [3.63, 3.8) is 0 Å². The van der Waals surface area contributed by atoms with Gasteiger partial charge in [-0.25, -0.2) is 0 Å². The molecule has 3 rings (SSSR count). The van der Waals surface area contributed by atoms with Crippen molar-refractivity contribution in [2.24, 2.45) is 0 Å². The van der Waals surface area contributed by atoms with Crippen LogP contribution < -0.4 is 4.74 Å². The first-order chi connectivity index (χ1) is 9.21. The van der Waals surface area contributed by atoms with E-state index in [4.69, 9.17) is 4.74 Å². The van der Waals surface area contributed by atoms with Crippen LogP contribution >= 0.6 is 0 Å². The van der Waals surface area contributed by atoms with Crippen molar-refractivity contribution in [1.29, 1.82) is 0 Å². The normalized spacial score (nSPS) is 20.9. The van der Waals surface area contributed by atoms with Gasteiger partial charge in [0.25, 0.3) is 0 Å². The van der Waals surface area contributed by atoms with Gasteiger partial charge in [0.05, 0.1) is 7.11 Å². The van der Waals surface area contributed by atoms with E-state index in [-0.39, 0.29) is 5.41 Å². The maximum Gasteiger partial charge on any atom is 0.118 e. The number of ether oxygens (including phenoxy) is 1. The van der Waals surface area contributed by atoms with Crippen LogP contribution in [0.5, 0.6) is 5.75 Å². The maximum atomic E-state index is 5.23. The van der Waals surface area contributed by atoms with Crippen LogP contribution in [-0.2, 0) is 11.8 Å². The molecule has 0 amide bonds. The zero-order valence-corrected chi connectivity index (χ0v) is 11.4. The molecule has 0 aliphatic heterocycles. The molecule has 0 aromatic heterocycles. The minimum Gasteiger partial charge on any atom is -0.497 e. The predicted octanol–water partition coefficient (Wildman–Crippen LogP) is 4.22. The molecule has 0 saturated heterocycles. The Balaban J connectivity index is 1.97. The number of hydrogen-bond donors (Lipinski definition) is 0. The number of hydrogen-bond acceptors (Lipinski definition) is 1. The van der Waals surface area contributed by atoms with Crippen molar-refractivity contribution in [2.75, 3.05) is 7.11 Å². The van der Waals surface area contributed by atoms with Crippen molar-refractivity contribution in [3.8, 4) is 5.75 Å². The largest absolute Gasteiger partial charge is 0.497 e. The molecule has 0 radical (unpaired) electrons. The summed E-state index contributed by atoms with van der Waals surface area (Å²) in [5, 5.41) is 0. The molecule has 1 aliphatic rings. The highest BCUT2D eigenvalue weighted by atomic mass is 16.5. The Kier molecular flexibility index (Phi) is 2.90. The molecule has 0 bridgehead atoms. The molecule has 19 heavy (non-hydrogen) atoms. The quantitative estimate of drug-likeness (QED) is 0.775. The van der Waals surface area contributed by atoms with Gasteiger partial charge in [0.15, 0.2) is 0 Å². The summed E-state index contributed by atoms with van der Waals surface area (Å²) in [7, 11) is 1.70. The summed E-state index contributed by atoms with van der Waals surface area (Å²) in [4.78, 5) is 0. The number of methoxy groups -OCH3 is 1. The second-order valence-corrected chi connectivity index (χ2v) is 5.35. The number of fused-ring (bicyclic) bond motifs is 1. The van der Waals surface area contributed by atoms with E-state index < -0.39 is 0 Å². The van der Waals surface area contributed by atoms with E-state index in [9.17, 15) is 0 Å². The van der Waals surface area contributed by atoms with E-state index in [0.717, 1.165) is 12.2 Å². The van der Waals surface area contributed by atoms with Crippen molar-refractivity contribution in [1.82, 2.24) is 0 Å². The van der Waals surface area contributed by atoms with Crippen molar-refractivity contribution in [2.45, 2.75) is 18.8 Å². The molecule has 0 saturated carbocycles. The van der Waals surface area contributed by atoms with Crippen LogP contribution in [0.2, 0.25) is 0 Å². The second kappa shape index (κ2) is 4.58. The topological polar surface area (TPSA) is 9.23 Å². The zero-order valence-electron chi connectivity index (χ0n) is 11.4. The Morgan fingerprint density at radius 2 is 1.74 bits per heavy atom. The molecule has 0 N–H and O–H groups in total. The summed E-state index contributed by atoms with van der Waals surface area (Å²) in [5.74, 6) is 0.910. The lowest BCUT2D eigenvalue weighted by Crippen LogP contribution is -2.24. The van der Waals surface area contributed by atoms with E-state index in [0.29, 0.717) is 0 Å². The van der Waals surface area contributed by atoms with E-state index in [2.05, 4.69) is 55.5 Å². The first kappa shape index (κ1) is 12.0. The first-order valence-electron chi connectivity index (χ1n) is 6.63. The van der Waals surface area contributed by atoms with Gasteiger partial charge in [0, 0.05) is 5.41 Å². The van der Waals surface area contributed by atoms with E-state index in [1.54, 1.807) is 7.11 Å². The summed E-state index contributed by atoms with van der Waals surface area (Å²) >= 11 is 0. The number of benzene rings is 2. The summed E-state index contributed by atoms with van der Waals surface area (Å²) < 4.78 is 5.23. The van der Waals surface area contributed by atoms with Crippen molar-refractivity contribution < 1.29 is 4.74 Å². The average molecular weight is 250 g/mol. The highest BCUT2D eigenvalue weighted by Gasteiger charge is 2.27. The van der Waals surface area contributed by atoms with Gasteiger partial charge < -0.3 is 4.74 Å². The molecule has 2 aromatic carbocycles. The second-order valence-electron chi connectivity index (χ2n) is 5.35. The molecule has 1 aliphatic carbocycles. The fourth-order valence-electron chi connectivity index (χ4n) is 2.76. The molecule has 1 unspecified atom stereocenters. The third-order valence-corrected chi connectivity index (χ3v) is 3.99. The Morgan fingerprint density at radius 3 is 2.47 bits per heavy atom. The predicted molar refractivity (Wildman–Crippen MR) is 79.5 cm³/mol. The first-order valence-corrected chi connectivity index (χ1v) is 6.63. The lowest BCUT2D eigenvalue weighted by Gasteiger charge is -2.31. The molecule has 0 heterocycles. The smallest absolute Gasteiger partial charge is 0.118 e. The van der Waals surface area contributed by atoms with Crippen LogP contribution in [0.4, 0.5) is 0 Å². The SMILES string of the molecule is COc1ccc(C2(C)C=Cc3ccccc3C2)cc1. The van der Waals surface area contributed by atoms with Crippen LogP contribution in [0.25, 0.3) is 6.08 Å². The molecule has 96 valence electrons. The third kappa shape index (κ3) is 2.17. The van der Waals surface area contributed by atoms with Gasteiger partial charge in [-0.1, -0.05) is 55.5 Å². The molecule has 1 heteroatoms. The molecule has 2 aromatic rings. The van der Waals surface area contributed by atoms with Crippen LogP contribution in [0.3, 0.4) is 0 Å². The van der Waals surface area contributed by atoms with Gasteiger partial charge in [-0.3, -0.25) is 0 Å². The minimum atomic E-state index is 0.0701. The number of allylic oxidation sites excluding steroid dienone is 1. The summed E-state index contributed by atoms with van der Waals surface area (Å²) in [5.41, 5.74) is 4.16. The van der Waals surface area contributed by atoms with Gasteiger partial charge in [0.1, 0.15) is 5.75 Å². The molecule has 0 spiro atoms. The van der Waals surface area contributed by atoms with Crippen LogP contribution in [0, 0.1) is 0 Å². The number of rotatable bonds is 2. The van der Waals surface area contributed by atoms with E-state index in [1.165, 1.54) is 16.7 Å². The molecule has 1 atom stereocenters. The van der Waals surface area contributed by atoms with Gasteiger partial charge in [-0.05, 0) is 35.2 Å². The monoisotopic (exact) mass is 250 g/mol. The summed E-state index contributed by atoms with van der Waals surface area (Å²) in [6, 6.07) is 17.0. The highest BCUT2D eigenvalue weighted by Crippen LogP contribution is 2.36. The molecule has 1 nitrogen and oxygen atoms in total. The van der Waals surface area contributed by atoms with Gasteiger partial charge in [-0.2, -0.15) is 0 Å².